The van der Waals surface area contributed by atoms with Crippen LogP contribution in [0.5, 0.6) is 0 Å². The predicted octanol–water partition coefficient (Wildman–Crippen LogP) is 4.04. The van der Waals surface area contributed by atoms with E-state index >= 15 is 0 Å². The third kappa shape index (κ3) is 2.85. The minimum absolute atomic E-state index is 0.290. The van der Waals surface area contributed by atoms with Crippen molar-refractivity contribution >= 4 is 69.8 Å². The molecule has 1 rings (SSSR count). The number of hydrogen-bond acceptors (Lipinski definition) is 2. The molecule has 0 heterocycles. The van der Waals surface area contributed by atoms with Crippen molar-refractivity contribution < 1.29 is 9.90 Å². The minimum atomic E-state index is -2.42. The van der Waals surface area contributed by atoms with E-state index in [9.17, 15) is 4.79 Å². The van der Waals surface area contributed by atoms with E-state index in [1.807, 2.05) is 0 Å². The topological polar surface area (TPSA) is 40.5 Å². The van der Waals surface area contributed by atoms with Crippen molar-refractivity contribution in [2.75, 3.05) is 4.42 Å². The molecule has 0 aromatic heterocycles. The number of nitrogens with zero attached hydrogens (tertiary/aromatic N) is 1. The van der Waals surface area contributed by atoms with Gasteiger partial charge in [0.05, 0.1) is 5.69 Å². The summed E-state index contributed by atoms with van der Waals surface area (Å²) in [5.74, 6) is -1.57. The lowest BCUT2D eigenvalue weighted by Crippen LogP contribution is -2.55. The van der Waals surface area contributed by atoms with Gasteiger partial charge in [0.1, 0.15) is 0 Å². The van der Waals surface area contributed by atoms with Crippen LogP contribution in [-0.4, -0.2) is 19.9 Å². The summed E-state index contributed by atoms with van der Waals surface area (Å²) in [6, 6.07) is 8.07. The number of aliphatic carboxylic acids is 1. The van der Waals surface area contributed by atoms with Crippen LogP contribution in [0.25, 0.3) is 0 Å². The van der Waals surface area contributed by atoms with E-state index in [1.54, 1.807) is 18.2 Å². The second-order valence-corrected chi connectivity index (χ2v) is 6.21. The van der Waals surface area contributed by atoms with Gasteiger partial charge in [-0.3, -0.25) is 0 Å². The zero-order valence-corrected chi connectivity index (χ0v) is 11.9. The Morgan fingerprint density at radius 2 is 1.59 bits per heavy atom. The molecule has 0 saturated heterocycles. The molecular formula is C9H6Cl5NO2. The zero-order chi connectivity index (χ0) is 13.3. The van der Waals surface area contributed by atoms with Gasteiger partial charge in [-0.05, 0) is 12.1 Å². The summed E-state index contributed by atoms with van der Waals surface area (Å²) in [6.07, 6.45) is 0. The van der Waals surface area contributed by atoms with E-state index in [1.165, 1.54) is 12.1 Å². The molecule has 0 amide bonds. The third-order valence-electron chi connectivity index (χ3n) is 1.91. The van der Waals surface area contributed by atoms with Crippen molar-refractivity contribution in [1.29, 1.82) is 0 Å². The number of anilines is 1. The highest BCUT2D eigenvalue weighted by Crippen LogP contribution is 2.47. The van der Waals surface area contributed by atoms with E-state index in [0.29, 0.717) is 4.42 Å². The smallest absolute Gasteiger partial charge is 0.351 e. The standard InChI is InChI=1S/C9H6Cl5NO2/c10-8(7(16)17,9(11,12)13)15(14)6-4-2-1-3-5-6/h1-5H,(H,16,17)/t8-/m1/s1. The number of hydrogen-bond donors (Lipinski definition) is 1. The lowest BCUT2D eigenvalue weighted by atomic mass is 10.2. The highest BCUT2D eigenvalue weighted by molar-refractivity contribution is 6.73. The molecule has 17 heavy (non-hydrogen) atoms. The van der Waals surface area contributed by atoms with E-state index < -0.39 is 14.8 Å². The van der Waals surface area contributed by atoms with Crippen molar-refractivity contribution in [3.05, 3.63) is 30.3 Å². The van der Waals surface area contributed by atoms with Gasteiger partial charge < -0.3 is 5.11 Å². The van der Waals surface area contributed by atoms with Crippen LogP contribution >= 0.6 is 58.2 Å². The van der Waals surface area contributed by atoms with Gasteiger partial charge >= 0.3 is 5.97 Å². The quantitative estimate of drug-likeness (QED) is 0.514. The van der Waals surface area contributed by atoms with Gasteiger partial charge in [-0.25, -0.2) is 9.21 Å². The van der Waals surface area contributed by atoms with Crippen LogP contribution in [0.15, 0.2) is 30.3 Å². The minimum Gasteiger partial charge on any atom is -0.478 e. The maximum absolute atomic E-state index is 11.2. The van der Waals surface area contributed by atoms with Crippen LogP contribution in [-0.2, 0) is 4.79 Å². The Balaban J connectivity index is 3.23. The lowest BCUT2D eigenvalue weighted by Gasteiger charge is -2.36. The third-order valence-corrected chi connectivity index (χ3v) is 4.17. The molecule has 0 bridgehead atoms. The van der Waals surface area contributed by atoms with Crippen molar-refractivity contribution in [2.45, 2.75) is 8.79 Å². The van der Waals surface area contributed by atoms with Gasteiger partial charge in [0.25, 0.3) is 5.00 Å². The van der Waals surface area contributed by atoms with E-state index in [4.69, 9.17) is 63.3 Å². The molecule has 0 radical (unpaired) electrons. The van der Waals surface area contributed by atoms with Crippen molar-refractivity contribution in [3.8, 4) is 0 Å². The van der Waals surface area contributed by atoms with E-state index in [0.717, 1.165) is 0 Å². The van der Waals surface area contributed by atoms with Crippen molar-refractivity contribution in [3.63, 3.8) is 0 Å². The largest absolute Gasteiger partial charge is 0.478 e. The van der Waals surface area contributed by atoms with Crippen LogP contribution in [0, 0.1) is 0 Å². The molecule has 3 nitrogen and oxygen atoms in total. The molecule has 1 atom stereocenters. The zero-order valence-electron chi connectivity index (χ0n) is 8.08. The predicted molar refractivity (Wildman–Crippen MR) is 71.3 cm³/mol. The highest BCUT2D eigenvalue weighted by Gasteiger charge is 2.58. The van der Waals surface area contributed by atoms with Crippen LogP contribution < -0.4 is 4.42 Å². The van der Waals surface area contributed by atoms with Crippen LogP contribution in [0.2, 0.25) is 0 Å². The number of benzene rings is 1. The molecule has 0 saturated carbocycles. The maximum Gasteiger partial charge on any atom is 0.351 e. The fourth-order valence-corrected chi connectivity index (χ4v) is 2.09. The maximum atomic E-state index is 11.2. The van der Waals surface area contributed by atoms with Gasteiger partial charge in [-0.1, -0.05) is 64.6 Å². The van der Waals surface area contributed by atoms with Crippen molar-refractivity contribution in [1.82, 2.24) is 0 Å². The summed E-state index contributed by atoms with van der Waals surface area (Å²) < 4.78 is -1.65. The molecule has 94 valence electrons. The Kier molecular flexibility index (Phi) is 4.67. The number of alkyl halides is 4. The number of para-hydroxylation sites is 1. The summed E-state index contributed by atoms with van der Waals surface area (Å²) in [6.45, 7) is 0. The van der Waals surface area contributed by atoms with Gasteiger partial charge in [0, 0.05) is 11.8 Å². The van der Waals surface area contributed by atoms with E-state index in [2.05, 4.69) is 0 Å². The molecule has 8 heteroatoms. The average molecular weight is 337 g/mol. The second-order valence-electron chi connectivity index (χ2n) is 3.04. The molecular weight excluding hydrogens is 331 g/mol. The van der Waals surface area contributed by atoms with E-state index in [-0.39, 0.29) is 5.69 Å². The number of halogens is 5. The fourth-order valence-electron chi connectivity index (χ4n) is 1.05. The van der Waals surface area contributed by atoms with Gasteiger partial charge in [0.15, 0.2) is 0 Å². The van der Waals surface area contributed by atoms with Crippen molar-refractivity contribution in [2.24, 2.45) is 0 Å². The number of carboxylic acids is 1. The first-order chi connectivity index (χ1) is 7.71. The van der Waals surface area contributed by atoms with Gasteiger partial charge in [-0.2, -0.15) is 0 Å². The van der Waals surface area contributed by atoms with Crippen LogP contribution in [0.3, 0.4) is 0 Å². The molecule has 0 unspecified atom stereocenters. The SMILES string of the molecule is O=C(O)[C@@](Cl)(N(Cl)c1ccccc1)C(Cl)(Cl)Cl. The summed E-state index contributed by atoms with van der Waals surface area (Å²) >= 11 is 28.4. The molecule has 0 aliphatic rings. The summed E-state index contributed by atoms with van der Waals surface area (Å²) in [5.41, 5.74) is 0.290. The molecule has 0 aliphatic carbocycles. The average Bonchev–Trinajstić information content (AvgIpc) is 2.26. The first-order valence-electron chi connectivity index (χ1n) is 4.21. The Bertz CT molecular complexity index is 408. The fraction of sp³-hybridized carbons (Fsp3) is 0.222. The molecule has 1 aromatic rings. The molecule has 1 aromatic carbocycles. The molecule has 0 aliphatic heterocycles. The first-order valence-corrected chi connectivity index (χ1v) is 6.06. The first kappa shape index (κ1) is 15.0. The monoisotopic (exact) mass is 335 g/mol. The Labute approximate surface area is 123 Å². The van der Waals surface area contributed by atoms with Crippen LogP contribution in [0.4, 0.5) is 5.69 Å². The second kappa shape index (κ2) is 5.29. The molecule has 0 spiro atoms. The molecule has 0 fully saturated rings. The summed E-state index contributed by atoms with van der Waals surface area (Å²) in [7, 11) is 0. The number of carbonyl (C=O) groups is 1. The number of carboxylic acid groups (broad SMARTS) is 1. The lowest BCUT2D eigenvalue weighted by molar-refractivity contribution is -0.139. The van der Waals surface area contributed by atoms with Gasteiger partial charge in [-0.15, -0.1) is 0 Å². The normalized spacial score (nSPS) is 15.1. The Hall–Kier alpha value is -0.0600. The Morgan fingerprint density at radius 3 is 1.94 bits per heavy atom. The highest BCUT2D eigenvalue weighted by atomic mass is 35.6. The Morgan fingerprint density at radius 1 is 1.12 bits per heavy atom. The van der Waals surface area contributed by atoms with Crippen LogP contribution in [0.1, 0.15) is 0 Å². The molecule has 1 N–H and O–H groups in total. The summed E-state index contributed by atoms with van der Waals surface area (Å²) in [5, 5.41) is 9.09. The number of rotatable bonds is 3. The summed E-state index contributed by atoms with van der Waals surface area (Å²) in [4.78, 5) is 8.76. The van der Waals surface area contributed by atoms with Gasteiger partial charge in [0.2, 0.25) is 3.79 Å².